The summed E-state index contributed by atoms with van der Waals surface area (Å²) < 4.78 is 1.55. The molecular weight excluding hydrogens is 252 g/mol. The maximum absolute atomic E-state index is 11.4. The minimum absolute atomic E-state index is 0.179. The lowest BCUT2D eigenvalue weighted by molar-refractivity contribution is 1.10. The van der Waals surface area contributed by atoms with Crippen molar-refractivity contribution in [2.75, 3.05) is 0 Å². The minimum Gasteiger partial charge on any atom is -0.331 e. The van der Waals surface area contributed by atoms with E-state index in [1.807, 2.05) is 12.1 Å². The SMILES string of the molecule is O=c1cc(-c2cc3ccccc3s2)[nH]c(=S)[nH]1. The van der Waals surface area contributed by atoms with Gasteiger partial charge in [-0.3, -0.25) is 9.78 Å². The third-order valence-corrected chi connectivity index (χ3v) is 3.80. The van der Waals surface area contributed by atoms with Gasteiger partial charge in [-0.1, -0.05) is 18.2 Å². The highest BCUT2D eigenvalue weighted by atomic mass is 32.1. The molecule has 0 amide bonds. The molecule has 0 fully saturated rings. The fourth-order valence-corrected chi connectivity index (χ4v) is 2.96. The summed E-state index contributed by atoms with van der Waals surface area (Å²) in [6, 6.07) is 11.7. The van der Waals surface area contributed by atoms with Crippen LogP contribution in [0, 0.1) is 4.77 Å². The highest BCUT2D eigenvalue weighted by Crippen LogP contribution is 2.31. The molecule has 0 aliphatic carbocycles. The molecule has 0 aliphatic rings. The van der Waals surface area contributed by atoms with Gasteiger partial charge < -0.3 is 4.98 Å². The first-order valence-electron chi connectivity index (χ1n) is 5.05. The topological polar surface area (TPSA) is 48.6 Å². The molecule has 5 heteroatoms. The van der Waals surface area contributed by atoms with Crippen LogP contribution in [0.1, 0.15) is 0 Å². The number of thiophene rings is 1. The number of hydrogen-bond donors (Lipinski definition) is 2. The Balaban J connectivity index is 2.27. The second kappa shape index (κ2) is 3.94. The van der Waals surface area contributed by atoms with Crippen molar-refractivity contribution in [3.63, 3.8) is 0 Å². The third-order valence-electron chi connectivity index (χ3n) is 2.45. The van der Waals surface area contributed by atoms with Crippen molar-refractivity contribution in [2.45, 2.75) is 0 Å². The van der Waals surface area contributed by atoms with Gasteiger partial charge in [0.25, 0.3) is 5.56 Å². The number of nitrogens with one attached hydrogen (secondary N) is 2. The van der Waals surface area contributed by atoms with Gasteiger partial charge in [-0.05, 0) is 29.7 Å². The molecule has 0 bridgehead atoms. The average Bonchev–Trinajstić information content (AvgIpc) is 2.71. The van der Waals surface area contributed by atoms with E-state index in [1.165, 1.54) is 16.2 Å². The maximum Gasteiger partial charge on any atom is 0.252 e. The van der Waals surface area contributed by atoms with E-state index in [0.717, 1.165) is 10.6 Å². The van der Waals surface area contributed by atoms with Gasteiger partial charge in [-0.15, -0.1) is 11.3 Å². The van der Waals surface area contributed by atoms with Crippen LogP contribution in [0.15, 0.2) is 41.2 Å². The smallest absolute Gasteiger partial charge is 0.252 e. The van der Waals surface area contributed by atoms with Gasteiger partial charge in [0.1, 0.15) is 0 Å². The zero-order chi connectivity index (χ0) is 11.8. The largest absolute Gasteiger partial charge is 0.331 e. The van der Waals surface area contributed by atoms with Crippen LogP contribution in [0.25, 0.3) is 20.7 Å². The first-order chi connectivity index (χ1) is 8.22. The first-order valence-corrected chi connectivity index (χ1v) is 6.27. The Morgan fingerprint density at radius 1 is 1.12 bits per heavy atom. The number of fused-ring (bicyclic) bond motifs is 1. The van der Waals surface area contributed by atoms with Gasteiger partial charge in [0.2, 0.25) is 0 Å². The van der Waals surface area contributed by atoms with E-state index >= 15 is 0 Å². The number of rotatable bonds is 1. The van der Waals surface area contributed by atoms with Crippen molar-refractivity contribution >= 4 is 33.6 Å². The Morgan fingerprint density at radius 3 is 2.71 bits per heavy atom. The number of aromatic nitrogens is 2. The molecule has 84 valence electrons. The van der Waals surface area contributed by atoms with Crippen molar-refractivity contribution in [3.05, 3.63) is 51.5 Å². The summed E-state index contributed by atoms with van der Waals surface area (Å²) in [4.78, 5) is 17.9. The molecule has 3 rings (SSSR count). The molecule has 3 aromatic rings. The summed E-state index contributed by atoms with van der Waals surface area (Å²) in [5.41, 5.74) is 0.584. The summed E-state index contributed by atoms with van der Waals surface area (Å²) in [6.45, 7) is 0. The second-order valence-electron chi connectivity index (χ2n) is 3.65. The Kier molecular flexibility index (Phi) is 2.42. The third kappa shape index (κ3) is 1.94. The summed E-state index contributed by atoms with van der Waals surface area (Å²) in [5, 5.41) is 1.17. The molecule has 2 heterocycles. The van der Waals surface area contributed by atoms with Crippen LogP contribution in [0.4, 0.5) is 0 Å². The summed E-state index contributed by atoms with van der Waals surface area (Å²) >= 11 is 6.60. The molecule has 3 nitrogen and oxygen atoms in total. The van der Waals surface area contributed by atoms with Crippen molar-refractivity contribution in [1.29, 1.82) is 0 Å². The summed E-state index contributed by atoms with van der Waals surface area (Å²) in [6.07, 6.45) is 0. The number of aromatic amines is 2. The zero-order valence-corrected chi connectivity index (χ0v) is 10.3. The van der Waals surface area contributed by atoms with Gasteiger partial charge in [-0.2, -0.15) is 0 Å². The molecule has 1 aromatic carbocycles. The van der Waals surface area contributed by atoms with Gasteiger partial charge in [0.15, 0.2) is 4.77 Å². The van der Waals surface area contributed by atoms with Crippen LogP contribution in [-0.4, -0.2) is 9.97 Å². The molecule has 0 unspecified atom stereocenters. The van der Waals surface area contributed by atoms with Crippen LogP contribution in [-0.2, 0) is 0 Å². The molecule has 17 heavy (non-hydrogen) atoms. The number of hydrogen-bond acceptors (Lipinski definition) is 3. The molecule has 0 saturated carbocycles. The van der Waals surface area contributed by atoms with E-state index in [2.05, 4.69) is 28.2 Å². The van der Waals surface area contributed by atoms with E-state index in [1.54, 1.807) is 11.3 Å². The standard InChI is InChI=1S/C12H8N2OS2/c15-11-6-8(13-12(16)14-11)10-5-7-3-1-2-4-9(7)17-10/h1-6H,(H2,13,14,15,16). The fraction of sp³-hybridized carbons (Fsp3) is 0. The predicted molar refractivity (Wildman–Crippen MR) is 73.1 cm³/mol. The Bertz CT molecular complexity index is 736. The molecule has 0 radical (unpaired) electrons. The van der Waals surface area contributed by atoms with Crippen LogP contribution in [0.2, 0.25) is 0 Å². The molecule has 2 aromatic heterocycles. The molecule has 0 spiro atoms. The van der Waals surface area contributed by atoms with Crippen molar-refractivity contribution in [1.82, 2.24) is 9.97 Å². The second-order valence-corrected chi connectivity index (χ2v) is 5.14. The van der Waals surface area contributed by atoms with Crippen molar-refractivity contribution in [2.24, 2.45) is 0 Å². The summed E-state index contributed by atoms with van der Waals surface area (Å²) in [5.74, 6) is 0. The quantitative estimate of drug-likeness (QED) is 0.659. The number of H-pyrrole nitrogens is 2. The lowest BCUT2D eigenvalue weighted by atomic mass is 10.2. The average molecular weight is 260 g/mol. The van der Waals surface area contributed by atoms with E-state index < -0.39 is 0 Å². The van der Waals surface area contributed by atoms with Crippen molar-refractivity contribution < 1.29 is 0 Å². The van der Waals surface area contributed by atoms with Crippen LogP contribution >= 0.6 is 23.6 Å². The normalized spacial score (nSPS) is 10.8. The highest BCUT2D eigenvalue weighted by molar-refractivity contribution is 7.71. The van der Waals surface area contributed by atoms with E-state index in [-0.39, 0.29) is 5.56 Å². The molecule has 0 atom stereocenters. The van der Waals surface area contributed by atoms with Gasteiger partial charge in [0, 0.05) is 10.8 Å². The van der Waals surface area contributed by atoms with Crippen LogP contribution in [0.5, 0.6) is 0 Å². The van der Waals surface area contributed by atoms with E-state index in [0.29, 0.717) is 4.77 Å². The monoisotopic (exact) mass is 260 g/mol. The fourth-order valence-electron chi connectivity index (χ4n) is 1.72. The zero-order valence-electron chi connectivity index (χ0n) is 8.69. The van der Waals surface area contributed by atoms with Gasteiger partial charge in [-0.25, -0.2) is 0 Å². The Labute approximate surface area is 106 Å². The van der Waals surface area contributed by atoms with Gasteiger partial charge >= 0.3 is 0 Å². The molecule has 0 aliphatic heterocycles. The van der Waals surface area contributed by atoms with E-state index in [4.69, 9.17) is 12.2 Å². The Morgan fingerprint density at radius 2 is 1.94 bits per heavy atom. The number of benzene rings is 1. The molecule has 0 saturated heterocycles. The Hall–Kier alpha value is -1.72. The molecule has 2 N–H and O–H groups in total. The lowest BCUT2D eigenvalue weighted by Crippen LogP contribution is -2.05. The van der Waals surface area contributed by atoms with Crippen LogP contribution < -0.4 is 5.56 Å². The first kappa shape index (κ1) is 10.4. The van der Waals surface area contributed by atoms with Crippen molar-refractivity contribution in [3.8, 4) is 10.6 Å². The lowest BCUT2D eigenvalue weighted by Gasteiger charge is -1.95. The minimum atomic E-state index is -0.179. The highest BCUT2D eigenvalue weighted by Gasteiger charge is 2.04. The van der Waals surface area contributed by atoms with Gasteiger partial charge in [0.05, 0.1) is 10.6 Å². The molecular formula is C12H8N2OS2. The summed E-state index contributed by atoms with van der Waals surface area (Å²) in [7, 11) is 0. The maximum atomic E-state index is 11.4. The predicted octanol–water partition coefficient (Wildman–Crippen LogP) is 3.31. The van der Waals surface area contributed by atoms with E-state index in [9.17, 15) is 4.79 Å². The van der Waals surface area contributed by atoms with Crippen LogP contribution in [0.3, 0.4) is 0 Å².